The summed E-state index contributed by atoms with van der Waals surface area (Å²) < 4.78 is 4.51. The van der Waals surface area contributed by atoms with E-state index in [9.17, 15) is 4.79 Å². The molecule has 0 saturated heterocycles. The SMILES string of the molecule is Nc1[nH]ncc1C(=O)NCc1ncon1. The van der Waals surface area contributed by atoms with Crippen molar-refractivity contribution < 1.29 is 9.32 Å². The van der Waals surface area contributed by atoms with Crippen LogP contribution in [0.3, 0.4) is 0 Å². The third-order valence-electron chi connectivity index (χ3n) is 1.73. The summed E-state index contributed by atoms with van der Waals surface area (Å²) >= 11 is 0. The van der Waals surface area contributed by atoms with E-state index in [-0.39, 0.29) is 18.3 Å². The van der Waals surface area contributed by atoms with Gasteiger partial charge in [0.25, 0.3) is 5.91 Å². The first-order valence-corrected chi connectivity index (χ1v) is 4.09. The molecule has 0 aromatic carbocycles. The number of carbonyl (C=O) groups is 1. The van der Waals surface area contributed by atoms with Gasteiger partial charge in [-0.05, 0) is 0 Å². The average molecular weight is 208 g/mol. The van der Waals surface area contributed by atoms with Gasteiger partial charge < -0.3 is 15.6 Å². The highest BCUT2D eigenvalue weighted by Gasteiger charge is 2.11. The van der Waals surface area contributed by atoms with E-state index in [1.165, 1.54) is 12.6 Å². The molecule has 78 valence electrons. The van der Waals surface area contributed by atoms with Gasteiger partial charge in [-0.15, -0.1) is 0 Å². The van der Waals surface area contributed by atoms with Crippen LogP contribution in [0.1, 0.15) is 16.2 Å². The van der Waals surface area contributed by atoms with Crippen LogP contribution in [0.4, 0.5) is 5.82 Å². The molecule has 2 aromatic rings. The van der Waals surface area contributed by atoms with Crippen molar-refractivity contribution >= 4 is 11.7 Å². The third-order valence-corrected chi connectivity index (χ3v) is 1.73. The topological polar surface area (TPSA) is 123 Å². The second-order valence-corrected chi connectivity index (χ2v) is 2.73. The first-order valence-electron chi connectivity index (χ1n) is 4.09. The number of anilines is 1. The highest BCUT2D eigenvalue weighted by atomic mass is 16.5. The van der Waals surface area contributed by atoms with Gasteiger partial charge in [0.05, 0.1) is 12.7 Å². The number of aromatic amines is 1. The number of aromatic nitrogens is 4. The van der Waals surface area contributed by atoms with Gasteiger partial charge in [-0.3, -0.25) is 9.89 Å². The number of hydrogen-bond acceptors (Lipinski definition) is 6. The molecule has 0 radical (unpaired) electrons. The zero-order valence-electron chi connectivity index (χ0n) is 7.60. The summed E-state index contributed by atoms with van der Waals surface area (Å²) in [5, 5.41) is 12.2. The van der Waals surface area contributed by atoms with Gasteiger partial charge in [-0.25, -0.2) is 0 Å². The third kappa shape index (κ3) is 1.93. The maximum atomic E-state index is 11.5. The Morgan fingerprint density at radius 2 is 2.53 bits per heavy atom. The minimum absolute atomic E-state index is 0.181. The van der Waals surface area contributed by atoms with E-state index in [2.05, 4.69) is 30.2 Å². The smallest absolute Gasteiger partial charge is 0.257 e. The van der Waals surface area contributed by atoms with Crippen molar-refractivity contribution in [1.29, 1.82) is 0 Å². The van der Waals surface area contributed by atoms with E-state index in [0.717, 1.165) is 0 Å². The zero-order valence-corrected chi connectivity index (χ0v) is 7.60. The van der Waals surface area contributed by atoms with Gasteiger partial charge in [0, 0.05) is 0 Å². The Morgan fingerprint density at radius 1 is 1.67 bits per heavy atom. The van der Waals surface area contributed by atoms with E-state index in [1.54, 1.807) is 0 Å². The van der Waals surface area contributed by atoms with Crippen molar-refractivity contribution in [2.75, 3.05) is 5.73 Å². The molecule has 0 atom stereocenters. The molecule has 0 bridgehead atoms. The summed E-state index contributed by atoms with van der Waals surface area (Å²) in [5.41, 5.74) is 5.75. The lowest BCUT2D eigenvalue weighted by Gasteiger charge is -1.99. The zero-order chi connectivity index (χ0) is 10.7. The molecule has 0 saturated carbocycles. The molecule has 0 aliphatic carbocycles. The van der Waals surface area contributed by atoms with Gasteiger partial charge in [0.15, 0.2) is 5.82 Å². The van der Waals surface area contributed by atoms with Crippen molar-refractivity contribution in [3.63, 3.8) is 0 Å². The number of hydrogen-bond donors (Lipinski definition) is 3. The number of amides is 1. The second-order valence-electron chi connectivity index (χ2n) is 2.73. The highest BCUT2D eigenvalue weighted by molar-refractivity contribution is 5.97. The molecule has 0 spiro atoms. The number of nitrogens with zero attached hydrogens (tertiary/aromatic N) is 3. The molecule has 4 N–H and O–H groups in total. The molecular formula is C7H8N6O2. The lowest BCUT2D eigenvalue weighted by Crippen LogP contribution is -2.23. The maximum Gasteiger partial charge on any atom is 0.257 e. The lowest BCUT2D eigenvalue weighted by atomic mass is 10.3. The first kappa shape index (κ1) is 9.19. The second kappa shape index (κ2) is 3.78. The Bertz CT molecular complexity index is 448. The molecule has 2 rings (SSSR count). The molecule has 2 aromatic heterocycles. The van der Waals surface area contributed by atoms with E-state index in [1.807, 2.05) is 0 Å². The standard InChI is InChI=1S/C7H8N6O2/c8-6-4(1-11-12-6)7(14)9-2-5-10-3-15-13-5/h1,3H,2H2,(H,9,14)(H3,8,11,12). The highest BCUT2D eigenvalue weighted by Crippen LogP contribution is 2.05. The van der Waals surface area contributed by atoms with E-state index in [4.69, 9.17) is 5.73 Å². The van der Waals surface area contributed by atoms with Gasteiger partial charge in [0.1, 0.15) is 11.4 Å². The van der Waals surface area contributed by atoms with Crippen LogP contribution in [0.5, 0.6) is 0 Å². The minimum Gasteiger partial charge on any atom is -0.383 e. The van der Waals surface area contributed by atoms with Crippen LogP contribution in [-0.2, 0) is 6.54 Å². The largest absolute Gasteiger partial charge is 0.383 e. The molecule has 2 heterocycles. The normalized spacial score (nSPS) is 10.1. The van der Waals surface area contributed by atoms with Crippen LogP contribution in [0, 0.1) is 0 Å². The van der Waals surface area contributed by atoms with E-state index >= 15 is 0 Å². The van der Waals surface area contributed by atoms with Crippen LogP contribution in [0.25, 0.3) is 0 Å². The quantitative estimate of drug-likeness (QED) is 0.613. The summed E-state index contributed by atoms with van der Waals surface area (Å²) in [6.45, 7) is 0.181. The minimum atomic E-state index is -0.342. The van der Waals surface area contributed by atoms with Crippen LogP contribution in [-0.4, -0.2) is 26.2 Å². The lowest BCUT2D eigenvalue weighted by molar-refractivity contribution is 0.0950. The van der Waals surface area contributed by atoms with Gasteiger partial charge >= 0.3 is 0 Å². The van der Waals surface area contributed by atoms with Crippen molar-refractivity contribution in [1.82, 2.24) is 25.7 Å². The van der Waals surface area contributed by atoms with Crippen LogP contribution in [0.2, 0.25) is 0 Å². The number of nitrogens with two attached hydrogens (primary N) is 1. The molecule has 15 heavy (non-hydrogen) atoms. The molecule has 0 fully saturated rings. The number of nitrogens with one attached hydrogen (secondary N) is 2. The van der Waals surface area contributed by atoms with Crippen molar-refractivity contribution in [3.8, 4) is 0 Å². The first-order chi connectivity index (χ1) is 7.27. The van der Waals surface area contributed by atoms with Gasteiger partial charge in [0.2, 0.25) is 6.39 Å². The Morgan fingerprint density at radius 3 is 3.13 bits per heavy atom. The fourth-order valence-corrected chi connectivity index (χ4v) is 1.00. The fourth-order valence-electron chi connectivity index (χ4n) is 1.00. The molecular weight excluding hydrogens is 200 g/mol. The molecule has 0 aliphatic rings. The van der Waals surface area contributed by atoms with Crippen LogP contribution < -0.4 is 11.1 Å². The Labute approximate surface area is 83.9 Å². The number of carbonyl (C=O) groups excluding carboxylic acids is 1. The Balaban J connectivity index is 1.96. The number of nitrogen functional groups attached to an aromatic ring is 1. The average Bonchev–Trinajstić information content (AvgIpc) is 2.84. The fraction of sp³-hybridized carbons (Fsp3) is 0.143. The predicted molar refractivity (Wildman–Crippen MR) is 48.5 cm³/mol. The Kier molecular flexibility index (Phi) is 2.31. The molecule has 0 aliphatic heterocycles. The summed E-state index contributed by atoms with van der Waals surface area (Å²) in [4.78, 5) is 15.2. The van der Waals surface area contributed by atoms with Crippen molar-refractivity contribution in [3.05, 3.63) is 24.0 Å². The summed E-state index contributed by atoms with van der Waals surface area (Å²) in [5.74, 6) is 0.275. The molecule has 8 heteroatoms. The van der Waals surface area contributed by atoms with Crippen molar-refractivity contribution in [2.45, 2.75) is 6.54 Å². The summed E-state index contributed by atoms with van der Waals surface area (Å²) in [6, 6.07) is 0. The van der Waals surface area contributed by atoms with Crippen LogP contribution in [0.15, 0.2) is 17.1 Å². The molecule has 8 nitrogen and oxygen atoms in total. The van der Waals surface area contributed by atoms with E-state index in [0.29, 0.717) is 11.4 Å². The van der Waals surface area contributed by atoms with Crippen molar-refractivity contribution in [2.24, 2.45) is 0 Å². The summed E-state index contributed by atoms with van der Waals surface area (Å²) in [6.07, 6.45) is 2.54. The summed E-state index contributed by atoms with van der Waals surface area (Å²) in [7, 11) is 0. The van der Waals surface area contributed by atoms with Gasteiger partial charge in [-0.1, -0.05) is 5.16 Å². The number of rotatable bonds is 3. The molecule has 1 amide bonds. The monoisotopic (exact) mass is 208 g/mol. The maximum absolute atomic E-state index is 11.5. The Hall–Kier alpha value is -2.38. The van der Waals surface area contributed by atoms with Crippen LogP contribution >= 0.6 is 0 Å². The molecule has 0 unspecified atom stereocenters. The van der Waals surface area contributed by atoms with E-state index < -0.39 is 0 Å². The number of H-pyrrole nitrogens is 1. The van der Waals surface area contributed by atoms with Gasteiger partial charge in [-0.2, -0.15) is 10.1 Å². The predicted octanol–water partition coefficient (Wildman–Crippen LogP) is -0.695.